The van der Waals surface area contributed by atoms with Crippen LogP contribution in [0.4, 0.5) is 9.18 Å². The molecule has 3 N–H and O–H groups in total. The molecular formula is C33H34FN5O5S. The van der Waals surface area contributed by atoms with E-state index in [4.69, 9.17) is 14.8 Å². The summed E-state index contributed by atoms with van der Waals surface area (Å²) in [5, 5.41) is 13.9. The fourth-order valence-corrected chi connectivity index (χ4v) is 6.51. The van der Waals surface area contributed by atoms with Gasteiger partial charge in [0.2, 0.25) is 0 Å². The number of carboxylic acids is 1. The molecule has 2 fully saturated rings. The number of carboxylic acid groups (broad SMARTS) is 1. The minimum Gasteiger partial charge on any atom is -0.480 e. The van der Waals surface area contributed by atoms with Gasteiger partial charge in [-0.1, -0.05) is 12.1 Å². The molecule has 2 amide bonds. The van der Waals surface area contributed by atoms with Crippen LogP contribution in [0.2, 0.25) is 0 Å². The number of carbonyl (C=O) groups is 3. The van der Waals surface area contributed by atoms with Crippen LogP contribution < -0.4 is 15.4 Å². The standard InChI is InChI=1S/C33H34FN5O5S/c34-25-15-21(14-24(40)13-20-1-2-20)4-6-28(25)44-29-7-10-35-27-16-30(45-32(27)29)26-5-3-22(17-36-26)19-39-11-8-23(9-12-39)38-33(43)37-18-31(41)42/h3-7,10,15-17,20,23H,1-2,8-9,11-14,18-19H2,(H,41,42)(H2,37,38,43). The zero-order chi connectivity index (χ0) is 31.3. The third kappa shape index (κ3) is 8.20. The number of hydrogen-bond donors (Lipinski definition) is 3. The second-order valence-electron chi connectivity index (χ2n) is 11.7. The minimum atomic E-state index is -1.08. The molecule has 12 heteroatoms. The van der Waals surface area contributed by atoms with Crippen LogP contribution in [0.15, 0.2) is 54.9 Å². The maximum Gasteiger partial charge on any atom is 0.323 e. The topological polar surface area (TPSA) is 134 Å². The van der Waals surface area contributed by atoms with Gasteiger partial charge in [0.15, 0.2) is 11.6 Å². The van der Waals surface area contributed by atoms with Gasteiger partial charge in [-0.05, 0) is 67.0 Å². The van der Waals surface area contributed by atoms with Gasteiger partial charge in [0, 0.05) is 57.0 Å². The molecule has 0 unspecified atom stereocenters. The summed E-state index contributed by atoms with van der Waals surface area (Å²) in [4.78, 5) is 47.0. The summed E-state index contributed by atoms with van der Waals surface area (Å²) in [6.45, 7) is 1.94. The Hall–Kier alpha value is -4.42. The molecule has 0 atom stereocenters. The summed E-state index contributed by atoms with van der Waals surface area (Å²) in [6.07, 6.45) is 8.09. The van der Waals surface area contributed by atoms with Crippen molar-refractivity contribution >= 4 is 39.3 Å². The lowest BCUT2D eigenvalue weighted by Crippen LogP contribution is -2.48. The van der Waals surface area contributed by atoms with Gasteiger partial charge in [-0.25, -0.2) is 9.18 Å². The van der Waals surface area contributed by atoms with Crippen molar-refractivity contribution in [1.82, 2.24) is 25.5 Å². The zero-order valence-electron chi connectivity index (χ0n) is 24.6. The molecule has 1 aliphatic carbocycles. The lowest BCUT2D eigenvalue weighted by atomic mass is 10.0. The Labute approximate surface area is 263 Å². The number of halogens is 1. The maximum atomic E-state index is 15.0. The highest BCUT2D eigenvalue weighted by Gasteiger charge is 2.25. The van der Waals surface area contributed by atoms with Crippen molar-refractivity contribution in [3.8, 4) is 22.1 Å². The monoisotopic (exact) mass is 631 g/mol. The molecule has 10 nitrogen and oxygen atoms in total. The number of fused-ring (bicyclic) bond motifs is 1. The number of aromatic nitrogens is 2. The first-order valence-corrected chi connectivity index (χ1v) is 15.9. The van der Waals surface area contributed by atoms with Crippen LogP contribution in [0.3, 0.4) is 0 Å². The van der Waals surface area contributed by atoms with Crippen molar-refractivity contribution in [2.75, 3.05) is 19.6 Å². The van der Waals surface area contributed by atoms with E-state index in [1.54, 1.807) is 24.4 Å². The SMILES string of the molecule is O=C(O)CNC(=O)NC1CCN(Cc2ccc(-c3cc4nccc(Oc5ccc(CC(=O)CC6CC6)cc5F)c4s3)nc2)CC1. The fourth-order valence-electron chi connectivity index (χ4n) is 5.47. The predicted octanol–water partition coefficient (Wildman–Crippen LogP) is 5.55. The molecule has 234 valence electrons. The van der Waals surface area contributed by atoms with Gasteiger partial charge in [0.1, 0.15) is 18.1 Å². The molecule has 0 radical (unpaired) electrons. The fraction of sp³-hybridized carbons (Fsp3) is 0.364. The number of ether oxygens (including phenoxy) is 1. The number of ketones is 1. The van der Waals surface area contributed by atoms with E-state index in [2.05, 4.69) is 20.5 Å². The number of carbonyl (C=O) groups excluding carboxylic acids is 2. The summed E-state index contributed by atoms with van der Waals surface area (Å²) in [5.74, 6) is -0.330. The van der Waals surface area contributed by atoms with E-state index in [0.717, 1.165) is 71.7 Å². The van der Waals surface area contributed by atoms with Crippen LogP contribution in [0, 0.1) is 11.7 Å². The van der Waals surface area contributed by atoms with E-state index in [1.165, 1.54) is 17.4 Å². The average molecular weight is 632 g/mol. The molecule has 4 aromatic rings. The normalized spacial score (nSPS) is 15.6. The number of hydrogen-bond acceptors (Lipinski definition) is 8. The Bertz CT molecular complexity index is 1700. The number of amides is 2. The molecule has 2 aliphatic rings. The largest absolute Gasteiger partial charge is 0.480 e. The molecule has 1 saturated carbocycles. The Kier molecular flexibility index (Phi) is 9.31. The molecule has 4 heterocycles. The first-order valence-electron chi connectivity index (χ1n) is 15.1. The maximum absolute atomic E-state index is 15.0. The molecule has 6 rings (SSSR count). The summed E-state index contributed by atoms with van der Waals surface area (Å²) in [7, 11) is 0. The van der Waals surface area contributed by atoms with Crippen molar-refractivity contribution in [3.63, 3.8) is 0 Å². The van der Waals surface area contributed by atoms with Crippen molar-refractivity contribution in [1.29, 1.82) is 0 Å². The Morgan fingerprint density at radius 2 is 1.80 bits per heavy atom. The minimum absolute atomic E-state index is 0.00844. The lowest BCUT2D eigenvalue weighted by molar-refractivity contribution is -0.135. The van der Waals surface area contributed by atoms with E-state index < -0.39 is 24.4 Å². The number of benzene rings is 1. The number of rotatable bonds is 12. The average Bonchev–Trinajstić information content (AvgIpc) is 3.72. The van der Waals surface area contributed by atoms with Gasteiger partial charge in [-0.15, -0.1) is 11.3 Å². The second kappa shape index (κ2) is 13.7. The highest BCUT2D eigenvalue weighted by Crippen LogP contribution is 2.39. The van der Waals surface area contributed by atoms with Gasteiger partial charge in [0.05, 0.1) is 20.8 Å². The molecule has 45 heavy (non-hydrogen) atoms. The molecule has 1 aromatic carbocycles. The number of nitrogens with zero attached hydrogens (tertiary/aromatic N) is 3. The van der Waals surface area contributed by atoms with Gasteiger partial charge < -0.3 is 20.5 Å². The van der Waals surface area contributed by atoms with Crippen LogP contribution in [-0.2, 0) is 22.6 Å². The molecular weight excluding hydrogens is 597 g/mol. The Morgan fingerprint density at radius 3 is 2.51 bits per heavy atom. The van der Waals surface area contributed by atoms with Gasteiger partial charge >= 0.3 is 12.0 Å². The summed E-state index contributed by atoms with van der Waals surface area (Å²) >= 11 is 1.48. The van der Waals surface area contributed by atoms with E-state index in [9.17, 15) is 18.8 Å². The number of urea groups is 1. The van der Waals surface area contributed by atoms with Gasteiger partial charge in [0.25, 0.3) is 0 Å². The van der Waals surface area contributed by atoms with Crippen molar-refractivity contribution in [2.45, 2.75) is 51.1 Å². The third-order valence-corrected chi connectivity index (χ3v) is 9.17. The van der Waals surface area contributed by atoms with Crippen LogP contribution in [0.5, 0.6) is 11.5 Å². The number of pyridine rings is 2. The first kappa shape index (κ1) is 30.6. The van der Waals surface area contributed by atoms with Crippen molar-refractivity contribution in [2.24, 2.45) is 5.92 Å². The lowest BCUT2D eigenvalue weighted by Gasteiger charge is -2.32. The van der Waals surface area contributed by atoms with Gasteiger partial charge in [-0.2, -0.15) is 0 Å². The Morgan fingerprint density at radius 1 is 1.00 bits per heavy atom. The quantitative estimate of drug-likeness (QED) is 0.185. The number of likely N-dealkylation sites (tertiary alicyclic amines) is 1. The summed E-state index contributed by atoms with van der Waals surface area (Å²) in [5.41, 5.74) is 3.25. The number of nitrogens with one attached hydrogen (secondary N) is 2. The molecule has 0 spiro atoms. The van der Waals surface area contributed by atoms with E-state index in [1.807, 2.05) is 24.4 Å². The number of piperidine rings is 1. The summed E-state index contributed by atoms with van der Waals surface area (Å²) in [6, 6.07) is 11.9. The van der Waals surface area contributed by atoms with E-state index >= 15 is 0 Å². The predicted molar refractivity (Wildman–Crippen MR) is 168 cm³/mol. The molecule has 3 aromatic heterocycles. The van der Waals surface area contributed by atoms with Crippen LogP contribution in [0.25, 0.3) is 20.8 Å². The molecule has 0 bridgehead atoms. The van der Waals surface area contributed by atoms with Crippen LogP contribution >= 0.6 is 11.3 Å². The zero-order valence-corrected chi connectivity index (χ0v) is 25.4. The summed E-state index contributed by atoms with van der Waals surface area (Å²) < 4.78 is 21.7. The highest BCUT2D eigenvalue weighted by atomic mass is 32.1. The second-order valence-corrected chi connectivity index (χ2v) is 12.7. The van der Waals surface area contributed by atoms with Crippen LogP contribution in [0.1, 0.15) is 43.2 Å². The molecule has 1 saturated heterocycles. The van der Waals surface area contributed by atoms with Crippen molar-refractivity contribution in [3.05, 3.63) is 71.8 Å². The Balaban J connectivity index is 1.05. The number of Topliss-reactive ketones (excluding diaryl/α,β-unsaturated/α-hetero) is 1. The smallest absolute Gasteiger partial charge is 0.323 e. The molecule has 1 aliphatic heterocycles. The van der Waals surface area contributed by atoms with Crippen molar-refractivity contribution < 1.29 is 28.6 Å². The van der Waals surface area contributed by atoms with Gasteiger partial charge in [-0.3, -0.25) is 24.5 Å². The third-order valence-electron chi connectivity index (χ3n) is 8.01. The highest BCUT2D eigenvalue weighted by molar-refractivity contribution is 7.22. The van der Waals surface area contributed by atoms with Crippen LogP contribution in [-0.4, -0.2) is 63.4 Å². The number of aliphatic carboxylic acids is 1. The first-order chi connectivity index (χ1) is 21.8. The number of thiophene rings is 1. The van der Waals surface area contributed by atoms with E-state index in [0.29, 0.717) is 23.7 Å². The van der Waals surface area contributed by atoms with E-state index in [-0.39, 0.29) is 24.0 Å².